The SMILES string of the molecule is COc1cccc(C(CNC(=O)NCCCN2CCC(C)CC2)N(C)C)c1. The first-order valence-corrected chi connectivity index (χ1v) is 10.0. The lowest BCUT2D eigenvalue weighted by Crippen LogP contribution is -2.41. The van der Waals surface area contributed by atoms with Gasteiger partial charge in [0.25, 0.3) is 0 Å². The van der Waals surface area contributed by atoms with Gasteiger partial charge in [-0.15, -0.1) is 0 Å². The van der Waals surface area contributed by atoms with E-state index in [9.17, 15) is 4.79 Å². The number of urea groups is 1. The smallest absolute Gasteiger partial charge is 0.314 e. The molecule has 0 radical (unpaired) electrons. The van der Waals surface area contributed by atoms with E-state index in [1.165, 1.54) is 25.9 Å². The van der Waals surface area contributed by atoms with E-state index in [1.807, 2.05) is 32.3 Å². The number of piperidine rings is 1. The van der Waals surface area contributed by atoms with Crippen molar-refractivity contribution in [1.82, 2.24) is 20.4 Å². The molecule has 1 aliphatic rings. The number of carbonyl (C=O) groups excluding carboxylic acids is 1. The maximum absolute atomic E-state index is 12.1. The minimum absolute atomic E-state index is 0.0983. The number of amides is 2. The highest BCUT2D eigenvalue weighted by molar-refractivity contribution is 5.73. The zero-order valence-corrected chi connectivity index (χ0v) is 17.3. The summed E-state index contributed by atoms with van der Waals surface area (Å²) < 4.78 is 5.31. The first-order valence-electron chi connectivity index (χ1n) is 10.0. The summed E-state index contributed by atoms with van der Waals surface area (Å²) in [6.45, 7) is 7.05. The number of hydrogen-bond acceptors (Lipinski definition) is 4. The molecule has 6 heteroatoms. The zero-order valence-electron chi connectivity index (χ0n) is 17.3. The van der Waals surface area contributed by atoms with E-state index >= 15 is 0 Å². The number of nitrogens with zero attached hydrogens (tertiary/aromatic N) is 2. The molecule has 152 valence electrons. The number of hydrogen-bond donors (Lipinski definition) is 2. The standard InChI is InChI=1S/C21H36N4O2/c1-17-9-13-25(14-10-17)12-6-11-22-21(26)23-16-20(24(2)3)18-7-5-8-19(15-18)27-4/h5,7-8,15,17,20H,6,9-14,16H2,1-4H3,(H2,22,23,26). The lowest BCUT2D eigenvalue weighted by atomic mass is 9.99. The number of likely N-dealkylation sites (N-methyl/N-ethyl adjacent to an activating group) is 1. The summed E-state index contributed by atoms with van der Waals surface area (Å²) in [5, 5.41) is 5.98. The molecular formula is C21H36N4O2. The second-order valence-corrected chi connectivity index (χ2v) is 7.77. The molecule has 1 aromatic rings. The van der Waals surface area contributed by atoms with Gasteiger partial charge in [-0.05, 0) is 76.6 Å². The predicted octanol–water partition coefficient (Wildman–Crippen LogP) is 2.72. The van der Waals surface area contributed by atoms with Crippen LogP contribution in [-0.2, 0) is 0 Å². The third-order valence-corrected chi connectivity index (χ3v) is 5.37. The monoisotopic (exact) mass is 376 g/mol. The predicted molar refractivity (Wildman–Crippen MR) is 110 cm³/mol. The van der Waals surface area contributed by atoms with Crippen LogP contribution in [0.1, 0.15) is 37.8 Å². The molecule has 1 unspecified atom stereocenters. The molecule has 0 bridgehead atoms. The van der Waals surface area contributed by atoms with Gasteiger partial charge in [-0.25, -0.2) is 4.79 Å². The third kappa shape index (κ3) is 7.39. The maximum atomic E-state index is 12.1. The summed E-state index contributed by atoms with van der Waals surface area (Å²) in [6, 6.07) is 7.99. The van der Waals surface area contributed by atoms with Crippen LogP contribution in [0.4, 0.5) is 4.79 Å². The fraction of sp³-hybridized carbons (Fsp3) is 0.667. The maximum Gasteiger partial charge on any atom is 0.314 e. The number of nitrogens with one attached hydrogen (secondary N) is 2. The molecule has 2 amide bonds. The van der Waals surface area contributed by atoms with Crippen molar-refractivity contribution in [3.8, 4) is 5.75 Å². The van der Waals surface area contributed by atoms with Crippen LogP contribution in [0.25, 0.3) is 0 Å². The van der Waals surface area contributed by atoms with Gasteiger partial charge in [-0.2, -0.15) is 0 Å². The van der Waals surface area contributed by atoms with Crippen LogP contribution in [0.5, 0.6) is 5.75 Å². The first-order chi connectivity index (χ1) is 13.0. The Bertz CT molecular complexity index is 571. The van der Waals surface area contributed by atoms with Gasteiger partial charge in [-0.3, -0.25) is 0 Å². The van der Waals surface area contributed by atoms with Gasteiger partial charge < -0.3 is 25.2 Å². The number of ether oxygens (including phenoxy) is 1. The van der Waals surface area contributed by atoms with E-state index in [0.717, 1.165) is 30.2 Å². The van der Waals surface area contributed by atoms with Crippen molar-refractivity contribution in [2.75, 3.05) is 53.9 Å². The fourth-order valence-corrected chi connectivity index (χ4v) is 3.49. The highest BCUT2D eigenvalue weighted by Crippen LogP contribution is 2.22. The molecule has 1 fully saturated rings. The Kier molecular flexibility index (Phi) is 8.88. The Morgan fingerprint density at radius 1 is 1.30 bits per heavy atom. The number of benzene rings is 1. The van der Waals surface area contributed by atoms with Crippen molar-refractivity contribution < 1.29 is 9.53 Å². The van der Waals surface area contributed by atoms with Crippen LogP contribution in [0.2, 0.25) is 0 Å². The van der Waals surface area contributed by atoms with Crippen molar-refractivity contribution in [3.63, 3.8) is 0 Å². The molecular weight excluding hydrogens is 340 g/mol. The van der Waals surface area contributed by atoms with Crippen molar-refractivity contribution in [3.05, 3.63) is 29.8 Å². The second kappa shape index (κ2) is 11.1. The molecule has 2 N–H and O–H groups in total. The number of rotatable bonds is 9. The van der Waals surface area contributed by atoms with Crippen LogP contribution in [-0.4, -0.2) is 69.8 Å². The lowest BCUT2D eigenvalue weighted by molar-refractivity contribution is 0.190. The molecule has 1 aliphatic heterocycles. The van der Waals surface area contributed by atoms with Crippen molar-refractivity contribution >= 4 is 6.03 Å². The number of carbonyl (C=O) groups is 1. The minimum atomic E-state index is -0.1000. The fourth-order valence-electron chi connectivity index (χ4n) is 3.49. The van der Waals surface area contributed by atoms with Gasteiger partial charge in [0.15, 0.2) is 0 Å². The molecule has 1 heterocycles. The summed E-state index contributed by atoms with van der Waals surface area (Å²) in [7, 11) is 5.70. The summed E-state index contributed by atoms with van der Waals surface area (Å²) in [5.74, 6) is 1.69. The normalized spacial score (nSPS) is 16.9. The Morgan fingerprint density at radius 2 is 2.04 bits per heavy atom. The summed E-state index contributed by atoms with van der Waals surface area (Å²) >= 11 is 0. The van der Waals surface area contributed by atoms with E-state index in [2.05, 4.69) is 33.4 Å². The molecule has 1 atom stereocenters. The Hall–Kier alpha value is -1.79. The van der Waals surface area contributed by atoms with E-state index in [-0.39, 0.29) is 12.1 Å². The van der Waals surface area contributed by atoms with E-state index in [1.54, 1.807) is 7.11 Å². The third-order valence-electron chi connectivity index (χ3n) is 5.37. The van der Waals surface area contributed by atoms with Crippen molar-refractivity contribution in [2.24, 2.45) is 5.92 Å². The second-order valence-electron chi connectivity index (χ2n) is 7.77. The van der Waals surface area contributed by atoms with Gasteiger partial charge in [0.2, 0.25) is 0 Å². The van der Waals surface area contributed by atoms with Crippen molar-refractivity contribution in [1.29, 1.82) is 0 Å². The molecule has 27 heavy (non-hydrogen) atoms. The molecule has 1 saturated heterocycles. The quantitative estimate of drug-likeness (QED) is 0.651. The van der Waals surface area contributed by atoms with Gasteiger partial charge in [0.05, 0.1) is 13.2 Å². The van der Waals surface area contributed by atoms with Gasteiger partial charge in [-0.1, -0.05) is 19.1 Å². The summed E-state index contributed by atoms with van der Waals surface area (Å²) in [5.41, 5.74) is 1.12. The lowest BCUT2D eigenvalue weighted by Gasteiger charge is -2.30. The molecule has 1 aromatic carbocycles. The van der Waals surface area contributed by atoms with Gasteiger partial charge >= 0.3 is 6.03 Å². The average molecular weight is 377 g/mol. The molecule has 0 saturated carbocycles. The van der Waals surface area contributed by atoms with Crippen LogP contribution in [0.3, 0.4) is 0 Å². The van der Waals surface area contributed by atoms with Gasteiger partial charge in [0.1, 0.15) is 5.75 Å². The van der Waals surface area contributed by atoms with Crippen molar-refractivity contribution in [2.45, 2.75) is 32.2 Å². The van der Waals surface area contributed by atoms with Gasteiger partial charge in [0, 0.05) is 13.1 Å². The highest BCUT2D eigenvalue weighted by atomic mass is 16.5. The first kappa shape index (κ1) is 21.5. The molecule has 0 spiro atoms. The highest BCUT2D eigenvalue weighted by Gasteiger charge is 2.17. The van der Waals surface area contributed by atoms with Crippen LogP contribution in [0.15, 0.2) is 24.3 Å². The van der Waals surface area contributed by atoms with Crippen LogP contribution in [0, 0.1) is 5.92 Å². The summed E-state index contributed by atoms with van der Waals surface area (Å²) in [6.07, 6.45) is 3.59. The van der Waals surface area contributed by atoms with E-state index < -0.39 is 0 Å². The Labute approximate surface area is 164 Å². The minimum Gasteiger partial charge on any atom is -0.497 e. The van der Waals surface area contributed by atoms with E-state index in [0.29, 0.717) is 13.1 Å². The van der Waals surface area contributed by atoms with Crippen LogP contribution < -0.4 is 15.4 Å². The number of methoxy groups -OCH3 is 1. The molecule has 0 aromatic heterocycles. The van der Waals surface area contributed by atoms with E-state index in [4.69, 9.17) is 4.74 Å². The Morgan fingerprint density at radius 3 is 2.70 bits per heavy atom. The zero-order chi connectivity index (χ0) is 19.6. The Balaban J connectivity index is 1.69. The summed E-state index contributed by atoms with van der Waals surface area (Å²) in [4.78, 5) is 16.7. The topological polar surface area (TPSA) is 56.8 Å². The average Bonchev–Trinajstić information content (AvgIpc) is 2.66. The largest absolute Gasteiger partial charge is 0.497 e. The number of likely N-dealkylation sites (tertiary alicyclic amines) is 1. The molecule has 0 aliphatic carbocycles. The molecule has 2 rings (SSSR count). The molecule has 6 nitrogen and oxygen atoms in total. The van der Waals surface area contributed by atoms with Crippen LogP contribution >= 0.6 is 0 Å².